The van der Waals surface area contributed by atoms with Crippen LogP contribution in [-0.2, 0) is 17.4 Å². The molecule has 0 radical (unpaired) electrons. The van der Waals surface area contributed by atoms with Gasteiger partial charge >= 0.3 is 6.18 Å². The van der Waals surface area contributed by atoms with Crippen molar-refractivity contribution >= 4 is 40.5 Å². The summed E-state index contributed by atoms with van der Waals surface area (Å²) in [7, 11) is 0. The van der Waals surface area contributed by atoms with Crippen molar-refractivity contribution in [1.29, 1.82) is 0 Å². The monoisotopic (exact) mass is 447 g/mol. The van der Waals surface area contributed by atoms with Crippen molar-refractivity contribution in [3.05, 3.63) is 58.7 Å². The lowest BCUT2D eigenvalue weighted by molar-refractivity contribution is -0.138. The fraction of sp³-hybridized carbons (Fsp3) is 0.318. The minimum absolute atomic E-state index is 0.0548. The van der Waals surface area contributed by atoms with Gasteiger partial charge in [0.05, 0.1) is 11.3 Å². The van der Waals surface area contributed by atoms with E-state index in [4.69, 9.17) is 12.2 Å². The van der Waals surface area contributed by atoms with Crippen LogP contribution >= 0.6 is 12.2 Å². The maximum Gasteiger partial charge on any atom is 0.416 e. The van der Waals surface area contributed by atoms with Gasteiger partial charge in [0.1, 0.15) is 5.54 Å². The highest BCUT2D eigenvalue weighted by atomic mass is 32.1. The van der Waals surface area contributed by atoms with E-state index in [0.717, 1.165) is 16.5 Å². The average molecular weight is 447 g/mol. The standard InChI is InChI=1S/C22H20F3N3O2S/c1-12-4-6-14(11-17(12)22(23,24)25)27-19(30)21(2,3)28(20(27)31)15-7-5-13-8-9-26-18(29)16(13)10-15/h4-7,10-11H,8-9H2,1-3H3,(H,26,29). The summed E-state index contributed by atoms with van der Waals surface area (Å²) in [5.41, 5.74) is 0.0755. The van der Waals surface area contributed by atoms with Crippen molar-refractivity contribution in [1.82, 2.24) is 5.32 Å². The summed E-state index contributed by atoms with van der Waals surface area (Å²) in [6, 6.07) is 8.99. The van der Waals surface area contributed by atoms with Crippen molar-refractivity contribution in [3.63, 3.8) is 0 Å². The molecule has 0 aliphatic carbocycles. The van der Waals surface area contributed by atoms with Crippen LogP contribution in [0, 0.1) is 6.92 Å². The number of hydrogen-bond donors (Lipinski definition) is 1. The Kier molecular flexibility index (Phi) is 4.84. The molecule has 2 aromatic carbocycles. The number of alkyl halides is 3. The smallest absolute Gasteiger partial charge is 0.352 e. The highest BCUT2D eigenvalue weighted by Crippen LogP contribution is 2.40. The Balaban J connectivity index is 1.79. The Morgan fingerprint density at radius 2 is 1.74 bits per heavy atom. The third-order valence-electron chi connectivity index (χ3n) is 5.73. The van der Waals surface area contributed by atoms with Crippen LogP contribution < -0.4 is 15.1 Å². The summed E-state index contributed by atoms with van der Waals surface area (Å²) in [5.74, 6) is -0.654. The topological polar surface area (TPSA) is 52.7 Å². The molecule has 0 unspecified atom stereocenters. The van der Waals surface area contributed by atoms with Crippen LogP contribution in [0.2, 0.25) is 0 Å². The predicted octanol–water partition coefficient (Wildman–Crippen LogP) is 4.22. The van der Waals surface area contributed by atoms with Crippen LogP contribution in [0.3, 0.4) is 0 Å². The molecule has 2 amide bonds. The van der Waals surface area contributed by atoms with E-state index in [1.165, 1.54) is 19.1 Å². The fourth-order valence-electron chi connectivity index (χ4n) is 4.05. The van der Waals surface area contributed by atoms with Crippen LogP contribution in [0.15, 0.2) is 36.4 Å². The van der Waals surface area contributed by atoms with E-state index < -0.39 is 23.2 Å². The first kappa shape index (κ1) is 21.3. The van der Waals surface area contributed by atoms with Gasteiger partial charge in [0.25, 0.3) is 11.8 Å². The number of halogens is 3. The zero-order valence-electron chi connectivity index (χ0n) is 17.1. The zero-order chi connectivity index (χ0) is 22.7. The Labute approximate surface area is 182 Å². The highest BCUT2D eigenvalue weighted by Gasteiger charge is 2.50. The number of benzene rings is 2. The fourth-order valence-corrected chi connectivity index (χ4v) is 4.57. The van der Waals surface area contributed by atoms with Gasteiger partial charge in [0, 0.05) is 17.8 Å². The van der Waals surface area contributed by atoms with Gasteiger partial charge in [-0.3, -0.25) is 14.5 Å². The van der Waals surface area contributed by atoms with Gasteiger partial charge in [-0.2, -0.15) is 13.2 Å². The molecule has 2 heterocycles. The van der Waals surface area contributed by atoms with Crippen molar-refractivity contribution in [2.24, 2.45) is 0 Å². The Morgan fingerprint density at radius 3 is 2.42 bits per heavy atom. The van der Waals surface area contributed by atoms with E-state index in [1.807, 2.05) is 6.07 Å². The highest BCUT2D eigenvalue weighted by molar-refractivity contribution is 7.81. The first-order valence-electron chi connectivity index (χ1n) is 9.70. The van der Waals surface area contributed by atoms with Crippen LogP contribution in [0.25, 0.3) is 0 Å². The second kappa shape index (κ2) is 7.05. The van der Waals surface area contributed by atoms with Gasteiger partial charge in [-0.15, -0.1) is 0 Å². The number of hydrogen-bond acceptors (Lipinski definition) is 3. The number of carbonyl (C=O) groups excluding carboxylic acids is 2. The molecule has 9 heteroatoms. The molecule has 5 nitrogen and oxygen atoms in total. The van der Waals surface area contributed by atoms with Crippen LogP contribution in [0.1, 0.15) is 40.9 Å². The van der Waals surface area contributed by atoms with Crippen molar-refractivity contribution < 1.29 is 22.8 Å². The molecule has 162 valence electrons. The number of thiocarbonyl (C=S) groups is 1. The molecule has 0 atom stereocenters. The number of carbonyl (C=O) groups is 2. The number of amides is 2. The number of nitrogens with zero attached hydrogens (tertiary/aromatic N) is 2. The second-order valence-electron chi connectivity index (χ2n) is 8.16. The van der Waals surface area contributed by atoms with Crippen molar-refractivity contribution in [2.75, 3.05) is 16.3 Å². The van der Waals surface area contributed by atoms with Gasteiger partial charge in [0.2, 0.25) is 0 Å². The summed E-state index contributed by atoms with van der Waals surface area (Å²) < 4.78 is 40.2. The molecular formula is C22H20F3N3O2S. The van der Waals surface area contributed by atoms with Gasteiger partial charge in [-0.05, 0) is 74.8 Å². The zero-order valence-corrected chi connectivity index (χ0v) is 17.9. The molecule has 1 fully saturated rings. The lowest BCUT2D eigenvalue weighted by atomic mass is 9.97. The lowest BCUT2D eigenvalue weighted by Gasteiger charge is -2.30. The van der Waals surface area contributed by atoms with Gasteiger partial charge < -0.3 is 10.2 Å². The molecule has 0 bridgehead atoms. The minimum Gasteiger partial charge on any atom is -0.352 e. The molecule has 0 spiro atoms. The Bertz CT molecular complexity index is 1130. The van der Waals surface area contributed by atoms with Crippen LogP contribution in [0.5, 0.6) is 0 Å². The first-order valence-corrected chi connectivity index (χ1v) is 10.1. The maximum absolute atomic E-state index is 13.4. The third kappa shape index (κ3) is 3.37. The van der Waals surface area contributed by atoms with E-state index in [1.54, 1.807) is 30.9 Å². The summed E-state index contributed by atoms with van der Waals surface area (Å²) in [5, 5.41) is 2.84. The van der Waals surface area contributed by atoms with E-state index in [9.17, 15) is 22.8 Å². The van der Waals surface area contributed by atoms with Gasteiger partial charge in [0.15, 0.2) is 5.11 Å². The summed E-state index contributed by atoms with van der Waals surface area (Å²) >= 11 is 5.55. The average Bonchev–Trinajstić information content (AvgIpc) is 2.86. The molecule has 1 N–H and O–H groups in total. The summed E-state index contributed by atoms with van der Waals surface area (Å²) in [6.45, 7) is 5.23. The molecule has 31 heavy (non-hydrogen) atoms. The molecule has 2 aromatic rings. The normalized spacial score (nSPS) is 18.3. The molecular weight excluding hydrogens is 427 g/mol. The first-order chi connectivity index (χ1) is 14.4. The predicted molar refractivity (Wildman–Crippen MR) is 115 cm³/mol. The molecule has 1 saturated heterocycles. The quantitative estimate of drug-likeness (QED) is 0.701. The lowest BCUT2D eigenvalue weighted by Crippen LogP contribution is -2.44. The Hall–Kier alpha value is -2.94. The molecule has 2 aliphatic rings. The number of rotatable bonds is 2. The number of aryl methyl sites for hydroxylation is 1. The number of nitrogens with one attached hydrogen (secondary N) is 1. The molecule has 4 rings (SSSR count). The SMILES string of the molecule is Cc1ccc(N2C(=O)C(C)(C)N(c3ccc4c(c3)C(=O)NCC4)C2=S)cc1C(F)(F)F. The largest absolute Gasteiger partial charge is 0.416 e. The van der Waals surface area contributed by atoms with E-state index in [0.29, 0.717) is 24.2 Å². The maximum atomic E-state index is 13.4. The molecule has 2 aliphatic heterocycles. The number of fused-ring (bicyclic) bond motifs is 1. The molecule has 0 aromatic heterocycles. The molecule has 0 saturated carbocycles. The summed E-state index contributed by atoms with van der Waals surface area (Å²) in [6.07, 6.45) is -3.85. The number of anilines is 2. The van der Waals surface area contributed by atoms with Gasteiger partial charge in [-0.25, -0.2) is 0 Å². The second-order valence-corrected chi connectivity index (χ2v) is 8.53. The van der Waals surface area contributed by atoms with E-state index >= 15 is 0 Å². The van der Waals surface area contributed by atoms with E-state index in [2.05, 4.69) is 5.32 Å². The third-order valence-corrected chi connectivity index (χ3v) is 6.09. The van der Waals surface area contributed by atoms with Crippen LogP contribution in [-0.4, -0.2) is 29.0 Å². The Morgan fingerprint density at radius 1 is 1.06 bits per heavy atom. The minimum atomic E-state index is -4.55. The van der Waals surface area contributed by atoms with Gasteiger partial charge in [-0.1, -0.05) is 12.1 Å². The summed E-state index contributed by atoms with van der Waals surface area (Å²) in [4.78, 5) is 28.2. The van der Waals surface area contributed by atoms with Crippen molar-refractivity contribution in [2.45, 2.75) is 38.9 Å². The van der Waals surface area contributed by atoms with Crippen LogP contribution in [0.4, 0.5) is 24.5 Å². The van der Waals surface area contributed by atoms with E-state index in [-0.39, 0.29) is 22.3 Å². The van der Waals surface area contributed by atoms with Crippen molar-refractivity contribution in [3.8, 4) is 0 Å².